The van der Waals surface area contributed by atoms with Gasteiger partial charge in [-0.25, -0.2) is 0 Å². The molecule has 0 radical (unpaired) electrons. The number of hydrogen-bond donors (Lipinski definition) is 2. The second-order valence-corrected chi connectivity index (χ2v) is 5.69. The van der Waals surface area contributed by atoms with Crippen LogP contribution < -0.4 is 10.6 Å². The molecular formula is C13H18F2N2O2S. The van der Waals surface area contributed by atoms with Gasteiger partial charge in [0, 0.05) is 19.0 Å². The predicted molar refractivity (Wildman–Crippen MR) is 73.5 cm³/mol. The van der Waals surface area contributed by atoms with Crippen LogP contribution in [0.1, 0.15) is 30.8 Å². The van der Waals surface area contributed by atoms with Crippen LogP contribution in [0.5, 0.6) is 0 Å². The lowest BCUT2D eigenvalue weighted by Gasteiger charge is -2.04. The minimum Gasteiger partial charge on any atom is -0.464 e. The van der Waals surface area contributed by atoms with E-state index in [4.69, 9.17) is 4.42 Å². The maximum Gasteiger partial charge on any atom is 0.284 e. The van der Waals surface area contributed by atoms with Gasteiger partial charge >= 0.3 is 0 Å². The van der Waals surface area contributed by atoms with E-state index in [0.29, 0.717) is 48.8 Å². The lowest BCUT2D eigenvalue weighted by Crippen LogP contribution is -2.28. The fourth-order valence-corrected chi connectivity index (χ4v) is 2.13. The van der Waals surface area contributed by atoms with E-state index < -0.39 is 5.76 Å². The average molecular weight is 304 g/mol. The molecule has 1 amide bonds. The van der Waals surface area contributed by atoms with Crippen LogP contribution in [0.15, 0.2) is 16.5 Å². The molecule has 0 aromatic carbocycles. The van der Waals surface area contributed by atoms with Gasteiger partial charge in [-0.1, -0.05) is 11.8 Å². The lowest BCUT2D eigenvalue weighted by atomic mass is 10.3. The summed E-state index contributed by atoms with van der Waals surface area (Å²) in [6.45, 7) is 1.07. The molecule has 1 aliphatic carbocycles. The second-order valence-electron chi connectivity index (χ2n) is 4.71. The Balaban J connectivity index is 1.57. The highest BCUT2D eigenvalue weighted by Gasteiger charge is 2.22. The third kappa shape index (κ3) is 5.92. The highest BCUT2D eigenvalue weighted by atomic mass is 32.2. The van der Waals surface area contributed by atoms with Crippen LogP contribution in [0.3, 0.4) is 0 Å². The minimum atomic E-state index is -2.38. The van der Waals surface area contributed by atoms with E-state index in [2.05, 4.69) is 10.6 Å². The largest absolute Gasteiger partial charge is 0.464 e. The number of hydrogen-bond acceptors (Lipinski definition) is 4. The summed E-state index contributed by atoms with van der Waals surface area (Å²) >= 11 is 0.541. The summed E-state index contributed by atoms with van der Waals surface area (Å²) in [4.78, 5) is 11.4. The molecule has 1 aromatic rings. The first kappa shape index (κ1) is 15.3. The molecule has 0 aliphatic heterocycles. The number of carbonyl (C=O) groups excluding carboxylic acids is 1. The Bertz CT molecular complexity index is 436. The number of thioether (sulfide) groups is 1. The average Bonchev–Trinajstić information content (AvgIpc) is 3.09. The molecule has 0 bridgehead atoms. The van der Waals surface area contributed by atoms with Gasteiger partial charge in [0.05, 0.1) is 12.3 Å². The van der Waals surface area contributed by atoms with E-state index in [9.17, 15) is 13.6 Å². The molecule has 4 nitrogen and oxygen atoms in total. The van der Waals surface area contributed by atoms with Crippen molar-refractivity contribution in [3.63, 3.8) is 0 Å². The van der Waals surface area contributed by atoms with Gasteiger partial charge in [0.15, 0.2) is 0 Å². The molecule has 1 heterocycles. The van der Waals surface area contributed by atoms with Gasteiger partial charge in [0.25, 0.3) is 5.76 Å². The predicted octanol–water partition coefficient (Wildman–Crippen LogP) is 2.49. The monoisotopic (exact) mass is 304 g/mol. The van der Waals surface area contributed by atoms with Crippen molar-refractivity contribution in [2.24, 2.45) is 0 Å². The Morgan fingerprint density at radius 1 is 1.40 bits per heavy atom. The van der Waals surface area contributed by atoms with Crippen LogP contribution in [0.25, 0.3) is 0 Å². The maximum atomic E-state index is 12.0. The molecule has 7 heteroatoms. The smallest absolute Gasteiger partial charge is 0.284 e. The third-order valence-corrected chi connectivity index (χ3v) is 3.54. The van der Waals surface area contributed by atoms with Crippen LogP contribution in [0.2, 0.25) is 0 Å². The van der Waals surface area contributed by atoms with Gasteiger partial charge in [0.1, 0.15) is 11.5 Å². The molecule has 1 saturated carbocycles. The molecule has 112 valence electrons. The molecule has 0 spiro atoms. The quantitative estimate of drug-likeness (QED) is 0.688. The highest BCUT2D eigenvalue weighted by molar-refractivity contribution is 7.98. The van der Waals surface area contributed by atoms with Gasteiger partial charge in [-0.3, -0.25) is 4.79 Å². The second kappa shape index (κ2) is 7.64. The fourth-order valence-electron chi connectivity index (χ4n) is 1.68. The lowest BCUT2D eigenvalue weighted by molar-refractivity contribution is -0.121. The molecule has 1 aliphatic rings. The number of carbonyl (C=O) groups is 1. The number of halogens is 2. The van der Waals surface area contributed by atoms with Crippen molar-refractivity contribution < 1.29 is 18.0 Å². The zero-order chi connectivity index (χ0) is 14.4. The van der Waals surface area contributed by atoms with Crippen LogP contribution in [-0.2, 0) is 17.1 Å². The summed E-state index contributed by atoms with van der Waals surface area (Å²) in [5.74, 6) is -0.919. The molecule has 1 fully saturated rings. The zero-order valence-electron chi connectivity index (χ0n) is 11.0. The van der Waals surface area contributed by atoms with Crippen LogP contribution in [0, 0.1) is 0 Å². The van der Waals surface area contributed by atoms with E-state index in [-0.39, 0.29) is 11.7 Å². The minimum absolute atomic E-state index is 0.0634. The first-order chi connectivity index (χ1) is 9.63. The summed E-state index contributed by atoms with van der Waals surface area (Å²) < 4.78 is 29.4. The summed E-state index contributed by atoms with van der Waals surface area (Å²) in [5.41, 5.74) is 0. The summed E-state index contributed by atoms with van der Waals surface area (Å²) in [5, 5.41) is 6.00. The fraction of sp³-hybridized carbons (Fsp3) is 0.615. The Kier molecular flexibility index (Phi) is 5.85. The number of nitrogens with one attached hydrogen (secondary N) is 2. The summed E-state index contributed by atoms with van der Waals surface area (Å²) in [6, 6.07) is 3.85. The zero-order valence-corrected chi connectivity index (χ0v) is 11.8. The normalized spacial score (nSPS) is 14.8. The van der Waals surface area contributed by atoms with Crippen molar-refractivity contribution in [2.45, 2.75) is 43.4 Å². The van der Waals surface area contributed by atoms with Gasteiger partial charge in [-0.2, -0.15) is 8.78 Å². The Labute approximate surface area is 120 Å². The van der Waals surface area contributed by atoms with Crippen molar-refractivity contribution in [3.8, 4) is 0 Å². The van der Waals surface area contributed by atoms with E-state index in [1.165, 1.54) is 0 Å². The Morgan fingerprint density at radius 3 is 2.85 bits per heavy atom. The van der Waals surface area contributed by atoms with Crippen molar-refractivity contribution in [1.29, 1.82) is 0 Å². The molecule has 1 aromatic heterocycles. The van der Waals surface area contributed by atoms with Gasteiger partial charge in [-0.05, 0) is 25.0 Å². The maximum absolute atomic E-state index is 12.0. The van der Waals surface area contributed by atoms with E-state index in [1.54, 1.807) is 12.1 Å². The summed E-state index contributed by atoms with van der Waals surface area (Å²) in [6.07, 6.45) is 2.61. The summed E-state index contributed by atoms with van der Waals surface area (Å²) in [7, 11) is 0. The van der Waals surface area contributed by atoms with E-state index in [0.717, 1.165) is 12.8 Å². The van der Waals surface area contributed by atoms with Gasteiger partial charge in [0.2, 0.25) is 5.91 Å². The van der Waals surface area contributed by atoms with Crippen LogP contribution in [-0.4, -0.2) is 24.3 Å². The molecule has 0 saturated heterocycles. The van der Waals surface area contributed by atoms with Crippen LogP contribution in [0.4, 0.5) is 8.78 Å². The van der Waals surface area contributed by atoms with E-state index >= 15 is 0 Å². The Morgan fingerprint density at radius 2 is 2.15 bits per heavy atom. The van der Waals surface area contributed by atoms with E-state index in [1.807, 2.05) is 0 Å². The molecule has 20 heavy (non-hydrogen) atoms. The van der Waals surface area contributed by atoms with Crippen molar-refractivity contribution in [1.82, 2.24) is 10.6 Å². The molecule has 0 unspecified atom stereocenters. The third-order valence-electron chi connectivity index (χ3n) is 2.84. The topological polar surface area (TPSA) is 54.3 Å². The number of furan rings is 1. The number of alkyl halides is 2. The van der Waals surface area contributed by atoms with Crippen molar-refractivity contribution in [3.05, 3.63) is 23.7 Å². The van der Waals surface area contributed by atoms with Gasteiger partial charge in [-0.15, -0.1) is 0 Å². The van der Waals surface area contributed by atoms with Crippen LogP contribution >= 0.6 is 11.8 Å². The molecule has 2 N–H and O–H groups in total. The number of amides is 1. The molecule has 2 rings (SSSR count). The van der Waals surface area contributed by atoms with Crippen molar-refractivity contribution in [2.75, 3.05) is 6.54 Å². The highest BCUT2D eigenvalue weighted by Crippen LogP contribution is 2.21. The number of rotatable bonds is 9. The molecule has 0 atom stereocenters. The van der Waals surface area contributed by atoms with Crippen molar-refractivity contribution >= 4 is 17.7 Å². The molecular weight excluding hydrogens is 286 g/mol. The first-order valence-electron chi connectivity index (χ1n) is 6.61. The Hall–Kier alpha value is -1.08. The standard InChI is InChI=1S/C13H18F2N2O2S/c14-13(15)20-8-11-4-3-10(19-11)7-16-6-5-12(18)17-9-1-2-9/h3-4,9,13,16H,1-2,5-8H2,(H,17,18). The SMILES string of the molecule is O=C(CCNCc1ccc(CSC(F)F)o1)NC1CC1. The van der Waals surface area contributed by atoms with Gasteiger partial charge < -0.3 is 15.1 Å². The first-order valence-corrected chi connectivity index (χ1v) is 7.66.